The summed E-state index contributed by atoms with van der Waals surface area (Å²) in [5, 5.41) is 13.7. The average molecular weight is 359 g/mol. The molecule has 1 atom stereocenters. The Morgan fingerprint density at radius 1 is 1.42 bits per heavy atom. The molecule has 0 saturated carbocycles. The van der Waals surface area contributed by atoms with Crippen LogP contribution in [0.3, 0.4) is 0 Å². The van der Waals surface area contributed by atoms with E-state index in [0.29, 0.717) is 18.1 Å². The summed E-state index contributed by atoms with van der Waals surface area (Å²) in [4.78, 5) is 11.3. The summed E-state index contributed by atoms with van der Waals surface area (Å²) in [6, 6.07) is 4.38. The van der Waals surface area contributed by atoms with Gasteiger partial charge in [-0.2, -0.15) is 0 Å². The van der Waals surface area contributed by atoms with Gasteiger partial charge >= 0.3 is 0 Å². The molecule has 2 aromatic rings. The molecule has 0 spiro atoms. The lowest BCUT2D eigenvalue weighted by molar-refractivity contribution is 0.159. The van der Waals surface area contributed by atoms with E-state index in [4.69, 9.17) is 4.42 Å². The molecule has 8 heteroatoms. The number of piperidine rings is 1. The van der Waals surface area contributed by atoms with Crippen LogP contribution in [0.25, 0.3) is 11.6 Å². The van der Waals surface area contributed by atoms with Gasteiger partial charge in [-0.1, -0.05) is 6.42 Å². The molecule has 0 radical (unpaired) electrons. The van der Waals surface area contributed by atoms with Crippen molar-refractivity contribution in [2.45, 2.75) is 45.2 Å². The Kier molecular flexibility index (Phi) is 6.65. The monoisotopic (exact) mass is 359 g/mol. The summed E-state index contributed by atoms with van der Waals surface area (Å²) >= 11 is 0. The van der Waals surface area contributed by atoms with Gasteiger partial charge in [-0.3, -0.25) is 10.1 Å². The van der Waals surface area contributed by atoms with Crippen LogP contribution in [0.4, 0.5) is 0 Å². The minimum Gasteiger partial charge on any atom is -0.461 e. The van der Waals surface area contributed by atoms with Crippen LogP contribution < -0.4 is 10.6 Å². The number of hydrogen-bond donors (Lipinski definition) is 3. The Morgan fingerprint density at radius 3 is 3.12 bits per heavy atom. The highest BCUT2D eigenvalue weighted by molar-refractivity contribution is 5.79. The second-order valence-corrected chi connectivity index (χ2v) is 6.67. The molecule has 3 N–H and O–H groups in total. The first-order valence-electron chi connectivity index (χ1n) is 9.40. The molecule has 0 aliphatic carbocycles. The molecule has 1 fully saturated rings. The number of aliphatic imine (C=N–C) groups is 1. The van der Waals surface area contributed by atoms with Gasteiger partial charge in [-0.15, -0.1) is 5.10 Å². The Balaban J connectivity index is 1.37. The van der Waals surface area contributed by atoms with Gasteiger partial charge in [0.1, 0.15) is 5.82 Å². The molecule has 1 aliphatic rings. The van der Waals surface area contributed by atoms with Gasteiger partial charge < -0.3 is 20.0 Å². The van der Waals surface area contributed by atoms with Crippen LogP contribution in [0.5, 0.6) is 0 Å². The molecule has 3 rings (SSSR count). The summed E-state index contributed by atoms with van der Waals surface area (Å²) in [5.41, 5.74) is 0. The first-order valence-corrected chi connectivity index (χ1v) is 9.40. The van der Waals surface area contributed by atoms with Crippen LogP contribution >= 0.6 is 0 Å². The number of furan rings is 1. The number of nitrogens with zero attached hydrogens (tertiary/aromatic N) is 4. The summed E-state index contributed by atoms with van der Waals surface area (Å²) < 4.78 is 5.30. The van der Waals surface area contributed by atoms with E-state index in [1.807, 2.05) is 12.1 Å². The van der Waals surface area contributed by atoms with Crippen molar-refractivity contribution in [3.05, 3.63) is 24.2 Å². The molecule has 1 saturated heterocycles. The van der Waals surface area contributed by atoms with Gasteiger partial charge in [0, 0.05) is 26.2 Å². The van der Waals surface area contributed by atoms with Crippen LogP contribution in [0.15, 0.2) is 27.8 Å². The Morgan fingerprint density at radius 2 is 2.35 bits per heavy atom. The number of aromatic amines is 1. The van der Waals surface area contributed by atoms with Crippen LogP contribution in [0.1, 0.15) is 38.4 Å². The predicted molar refractivity (Wildman–Crippen MR) is 102 cm³/mol. The zero-order chi connectivity index (χ0) is 18.2. The quantitative estimate of drug-likeness (QED) is 0.398. The number of nitrogens with one attached hydrogen (secondary N) is 3. The molecule has 0 bridgehead atoms. The van der Waals surface area contributed by atoms with Crippen LogP contribution in [-0.4, -0.2) is 58.8 Å². The lowest BCUT2D eigenvalue weighted by Crippen LogP contribution is -2.41. The van der Waals surface area contributed by atoms with Crippen molar-refractivity contribution in [3.8, 4) is 11.6 Å². The van der Waals surface area contributed by atoms with Crippen molar-refractivity contribution < 1.29 is 4.42 Å². The number of guanidine groups is 1. The summed E-state index contributed by atoms with van der Waals surface area (Å²) in [6.07, 6.45) is 6.75. The van der Waals surface area contributed by atoms with E-state index < -0.39 is 0 Å². The molecule has 142 valence electrons. The van der Waals surface area contributed by atoms with E-state index >= 15 is 0 Å². The van der Waals surface area contributed by atoms with Gasteiger partial charge in [-0.25, -0.2) is 4.98 Å². The molecule has 2 aromatic heterocycles. The molecule has 26 heavy (non-hydrogen) atoms. The first-order chi connectivity index (χ1) is 12.8. The maximum Gasteiger partial charge on any atom is 0.216 e. The molecule has 1 unspecified atom stereocenters. The highest BCUT2D eigenvalue weighted by atomic mass is 16.3. The molecule has 0 amide bonds. The van der Waals surface area contributed by atoms with Gasteiger partial charge in [0.25, 0.3) is 0 Å². The predicted octanol–water partition coefficient (Wildman–Crippen LogP) is 1.99. The Bertz CT molecular complexity index is 680. The third-order valence-corrected chi connectivity index (χ3v) is 4.78. The summed E-state index contributed by atoms with van der Waals surface area (Å²) in [5.74, 6) is 2.72. The maximum absolute atomic E-state index is 5.30. The molecular weight excluding hydrogens is 330 g/mol. The third kappa shape index (κ3) is 5.08. The zero-order valence-electron chi connectivity index (χ0n) is 15.7. The highest BCUT2D eigenvalue weighted by Gasteiger charge is 2.17. The lowest BCUT2D eigenvalue weighted by Gasteiger charge is -2.33. The van der Waals surface area contributed by atoms with Crippen LogP contribution in [-0.2, 0) is 6.54 Å². The number of hydrogen-bond acceptors (Lipinski definition) is 5. The van der Waals surface area contributed by atoms with E-state index in [1.165, 1.54) is 25.8 Å². The molecule has 8 nitrogen and oxygen atoms in total. The van der Waals surface area contributed by atoms with E-state index in [2.05, 4.69) is 42.6 Å². The van der Waals surface area contributed by atoms with Crippen molar-refractivity contribution in [2.75, 3.05) is 26.7 Å². The van der Waals surface area contributed by atoms with Crippen LogP contribution in [0, 0.1) is 0 Å². The Hall–Kier alpha value is -2.35. The van der Waals surface area contributed by atoms with Gasteiger partial charge in [0.2, 0.25) is 5.82 Å². The van der Waals surface area contributed by atoms with E-state index in [1.54, 1.807) is 13.3 Å². The van der Waals surface area contributed by atoms with Crippen molar-refractivity contribution in [2.24, 2.45) is 4.99 Å². The topological polar surface area (TPSA) is 94.4 Å². The minimum atomic E-state index is 0.524. The maximum atomic E-state index is 5.30. The lowest BCUT2D eigenvalue weighted by atomic mass is 10.0. The minimum absolute atomic E-state index is 0.524. The molecular formula is C18H29N7O. The smallest absolute Gasteiger partial charge is 0.216 e. The number of likely N-dealkylation sites (tertiary alicyclic amines) is 1. The third-order valence-electron chi connectivity index (χ3n) is 4.78. The normalized spacial score (nSPS) is 18.8. The summed E-state index contributed by atoms with van der Waals surface area (Å²) in [7, 11) is 1.77. The van der Waals surface area contributed by atoms with Gasteiger partial charge in [0.15, 0.2) is 11.7 Å². The van der Waals surface area contributed by atoms with Crippen LogP contribution in [0.2, 0.25) is 0 Å². The average Bonchev–Trinajstić information content (AvgIpc) is 3.34. The second-order valence-electron chi connectivity index (χ2n) is 6.67. The fourth-order valence-corrected chi connectivity index (χ4v) is 3.26. The molecule has 3 heterocycles. The fourth-order valence-electron chi connectivity index (χ4n) is 3.26. The van der Waals surface area contributed by atoms with Crippen molar-refractivity contribution in [3.63, 3.8) is 0 Å². The second kappa shape index (κ2) is 9.38. The molecule has 0 aromatic carbocycles. The zero-order valence-corrected chi connectivity index (χ0v) is 15.7. The largest absolute Gasteiger partial charge is 0.461 e. The Labute approximate surface area is 154 Å². The van der Waals surface area contributed by atoms with E-state index in [9.17, 15) is 0 Å². The fraction of sp³-hybridized carbons (Fsp3) is 0.611. The summed E-state index contributed by atoms with van der Waals surface area (Å²) in [6.45, 7) is 6.13. The number of H-pyrrole nitrogens is 1. The SMILES string of the molecule is CN=C(NCCCN1CCCCC1C)NCc1nc(-c2ccco2)n[nH]1. The van der Waals surface area contributed by atoms with Crippen molar-refractivity contribution >= 4 is 5.96 Å². The highest BCUT2D eigenvalue weighted by Crippen LogP contribution is 2.16. The number of rotatable bonds is 7. The van der Waals surface area contributed by atoms with Crippen molar-refractivity contribution in [1.29, 1.82) is 0 Å². The molecule has 1 aliphatic heterocycles. The standard InChI is InChI=1S/C18H29N7O/c1-14-7-3-4-10-25(14)11-6-9-20-18(19-2)21-13-16-22-17(24-23-16)15-8-5-12-26-15/h5,8,12,14H,3-4,6-7,9-11,13H2,1-2H3,(H2,19,20,21)(H,22,23,24). The van der Waals surface area contributed by atoms with E-state index in [-0.39, 0.29) is 0 Å². The first kappa shape index (κ1) is 18.4. The van der Waals surface area contributed by atoms with Gasteiger partial charge in [-0.05, 0) is 44.9 Å². The van der Waals surface area contributed by atoms with E-state index in [0.717, 1.165) is 37.3 Å². The van der Waals surface area contributed by atoms with Gasteiger partial charge in [0.05, 0.1) is 12.8 Å². The van der Waals surface area contributed by atoms with Crippen molar-refractivity contribution in [1.82, 2.24) is 30.7 Å². The number of aromatic nitrogens is 3.